The van der Waals surface area contributed by atoms with Gasteiger partial charge in [-0.25, -0.2) is 0 Å². The van der Waals surface area contributed by atoms with Gasteiger partial charge in [0.25, 0.3) is 0 Å². The number of rotatable bonds is 6. The van der Waals surface area contributed by atoms with Gasteiger partial charge < -0.3 is 0 Å². The van der Waals surface area contributed by atoms with E-state index in [9.17, 15) is 0 Å². The summed E-state index contributed by atoms with van der Waals surface area (Å²) in [4.78, 5) is 13.5. The Balaban J connectivity index is 1.66. The summed E-state index contributed by atoms with van der Waals surface area (Å²) in [7, 11) is 4.52. The third-order valence-corrected chi connectivity index (χ3v) is 5.14. The number of pyridine rings is 2. The summed E-state index contributed by atoms with van der Waals surface area (Å²) >= 11 is 0. The molecule has 1 aliphatic carbocycles. The van der Waals surface area contributed by atoms with Crippen molar-refractivity contribution in [3.63, 3.8) is 0 Å². The van der Waals surface area contributed by atoms with Crippen LogP contribution in [0, 0.1) is 0 Å². The lowest BCUT2D eigenvalue weighted by Crippen LogP contribution is -2.50. The smallest absolute Gasteiger partial charge is 0.0312 e. The minimum Gasteiger partial charge on any atom is -0.298 e. The average Bonchev–Trinajstić information content (AvgIpc) is 2.63. The lowest BCUT2D eigenvalue weighted by Gasteiger charge is -2.42. The predicted octanol–water partition coefficient (Wildman–Crippen LogP) is 3.35. The van der Waals surface area contributed by atoms with E-state index < -0.39 is 0 Å². The van der Waals surface area contributed by atoms with E-state index in [1.165, 1.54) is 36.8 Å². The summed E-state index contributed by atoms with van der Waals surface area (Å²) in [6, 6.07) is 9.58. The van der Waals surface area contributed by atoms with Gasteiger partial charge in [-0.3, -0.25) is 19.8 Å². The Morgan fingerprint density at radius 3 is 1.67 bits per heavy atom. The molecular formula is C20H28N4. The van der Waals surface area contributed by atoms with Crippen LogP contribution in [0.1, 0.15) is 36.8 Å². The molecule has 4 nitrogen and oxygen atoms in total. The molecule has 128 valence electrons. The third-order valence-electron chi connectivity index (χ3n) is 5.14. The maximum absolute atomic E-state index is 4.25. The zero-order chi connectivity index (χ0) is 16.8. The maximum atomic E-state index is 4.25. The first-order valence-electron chi connectivity index (χ1n) is 8.92. The first-order valence-corrected chi connectivity index (χ1v) is 8.92. The van der Waals surface area contributed by atoms with Crippen LogP contribution in [0.3, 0.4) is 0 Å². The van der Waals surface area contributed by atoms with E-state index >= 15 is 0 Å². The molecule has 1 fully saturated rings. The van der Waals surface area contributed by atoms with E-state index in [1.54, 1.807) is 0 Å². The minimum atomic E-state index is 0.598. The lowest BCUT2D eigenvalue weighted by molar-refractivity contribution is 0.0692. The second kappa shape index (κ2) is 8.36. The van der Waals surface area contributed by atoms with Gasteiger partial charge in [0, 0.05) is 50.0 Å². The van der Waals surface area contributed by atoms with E-state index in [2.05, 4.69) is 46.0 Å². The van der Waals surface area contributed by atoms with Crippen molar-refractivity contribution in [3.8, 4) is 0 Å². The Kier molecular flexibility index (Phi) is 5.94. The molecule has 4 heteroatoms. The van der Waals surface area contributed by atoms with Gasteiger partial charge in [-0.05, 0) is 50.2 Å². The standard InChI is InChI=1S/C20H28N4/c1-23(15-17-7-5-11-21-13-17)19-9-3-4-10-20(19)24(2)16-18-8-6-12-22-14-18/h5-8,11-14,19-20H,3-4,9-10,15-16H2,1-2H3. The number of likely N-dealkylation sites (N-methyl/N-ethyl adjacent to an activating group) is 2. The van der Waals surface area contributed by atoms with Crippen LogP contribution in [-0.2, 0) is 13.1 Å². The molecule has 24 heavy (non-hydrogen) atoms. The Morgan fingerprint density at radius 1 is 0.833 bits per heavy atom. The zero-order valence-corrected chi connectivity index (χ0v) is 14.8. The van der Waals surface area contributed by atoms with Gasteiger partial charge in [0.1, 0.15) is 0 Å². The highest BCUT2D eigenvalue weighted by molar-refractivity contribution is 5.10. The van der Waals surface area contributed by atoms with Crippen LogP contribution in [0.2, 0.25) is 0 Å². The molecule has 0 amide bonds. The zero-order valence-electron chi connectivity index (χ0n) is 14.8. The van der Waals surface area contributed by atoms with Gasteiger partial charge in [0.05, 0.1) is 0 Å². The Hall–Kier alpha value is -1.78. The molecule has 0 saturated heterocycles. The number of nitrogens with zero attached hydrogens (tertiary/aromatic N) is 4. The maximum Gasteiger partial charge on any atom is 0.0312 e. The van der Waals surface area contributed by atoms with Crippen molar-refractivity contribution in [1.82, 2.24) is 19.8 Å². The fourth-order valence-corrected chi connectivity index (χ4v) is 3.91. The molecule has 0 aromatic carbocycles. The van der Waals surface area contributed by atoms with Crippen LogP contribution in [0.15, 0.2) is 49.1 Å². The fraction of sp³-hybridized carbons (Fsp3) is 0.500. The quantitative estimate of drug-likeness (QED) is 0.816. The molecule has 0 radical (unpaired) electrons. The topological polar surface area (TPSA) is 32.3 Å². The highest BCUT2D eigenvalue weighted by atomic mass is 15.2. The Bertz CT molecular complexity index is 546. The summed E-state index contributed by atoms with van der Waals surface area (Å²) in [5, 5.41) is 0. The molecule has 2 aromatic rings. The van der Waals surface area contributed by atoms with Gasteiger partial charge in [-0.1, -0.05) is 25.0 Å². The van der Waals surface area contributed by atoms with Crippen LogP contribution in [0.25, 0.3) is 0 Å². The fourth-order valence-electron chi connectivity index (χ4n) is 3.91. The first-order chi connectivity index (χ1) is 11.7. The van der Waals surface area contributed by atoms with Gasteiger partial charge in [0.15, 0.2) is 0 Å². The lowest BCUT2D eigenvalue weighted by atomic mass is 9.88. The molecule has 0 spiro atoms. The van der Waals surface area contributed by atoms with Crippen LogP contribution >= 0.6 is 0 Å². The molecular weight excluding hydrogens is 296 g/mol. The van der Waals surface area contributed by atoms with Gasteiger partial charge >= 0.3 is 0 Å². The summed E-state index contributed by atoms with van der Waals surface area (Å²) < 4.78 is 0. The van der Waals surface area contributed by atoms with Crippen LogP contribution in [0.5, 0.6) is 0 Å². The molecule has 0 aliphatic heterocycles. The summed E-state index contributed by atoms with van der Waals surface area (Å²) in [5.74, 6) is 0. The van der Waals surface area contributed by atoms with E-state index in [4.69, 9.17) is 0 Å². The second-order valence-corrected chi connectivity index (χ2v) is 6.97. The third kappa shape index (κ3) is 4.40. The Morgan fingerprint density at radius 2 is 1.29 bits per heavy atom. The van der Waals surface area contributed by atoms with E-state index in [0.29, 0.717) is 12.1 Å². The van der Waals surface area contributed by atoms with Crippen LogP contribution in [0.4, 0.5) is 0 Å². The van der Waals surface area contributed by atoms with Crippen molar-refractivity contribution in [1.29, 1.82) is 0 Å². The van der Waals surface area contributed by atoms with Crippen molar-refractivity contribution in [2.24, 2.45) is 0 Å². The van der Waals surface area contributed by atoms with Gasteiger partial charge in [0.2, 0.25) is 0 Å². The van der Waals surface area contributed by atoms with Crippen molar-refractivity contribution < 1.29 is 0 Å². The highest BCUT2D eigenvalue weighted by Gasteiger charge is 2.31. The number of hydrogen-bond acceptors (Lipinski definition) is 4. The normalized spacial score (nSPS) is 21.3. The number of aromatic nitrogens is 2. The second-order valence-electron chi connectivity index (χ2n) is 6.97. The molecule has 2 aromatic heterocycles. The van der Waals surface area contributed by atoms with E-state index in [0.717, 1.165) is 13.1 Å². The summed E-state index contributed by atoms with van der Waals surface area (Å²) in [6.07, 6.45) is 12.9. The molecule has 0 bridgehead atoms. The Labute approximate surface area is 145 Å². The first kappa shape index (κ1) is 17.1. The minimum absolute atomic E-state index is 0.598. The van der Waals surface area contributed by atoms with Crippen LogP contribution in [-0.4, -0.2) is 45.9 Å². The summed E-state index contributed by atoms with van der Waals surface area (Å²) in [5.41, 5.74) is 2.58. The van der Waals surface area contributed by atoms with Crippen molar-refractivity contribution in [2.45, 2.75) is 50.9 Å². The van der Waals surface area contributed by atoms with E-state index in [1.807, 2.05) is 36.9 Å². The van der Waals surface area contributed by atoms with Crippen molar-refractivity contribution in [3.05, 3.63) is 60.2 Å². The van der Waals surface area contributed by atoms with Gasteiger partial charge in [-0.2, -0.15) is 0 Å². The molecule has 3 rings (SSSR count). The molecule has 2 unspecified atom stereocenters. The molecule has 1 saturated carbocycles. The SMILES string of the molecule is CN(Cc1cccnc1)C1CCCCC1N(C)Cc1cccnc1. The average molecular weight is 324 g/mol. The molecule has 1 aliphatic rings. The van der Waals surface area contributed by atoms with Crippen molar-refractivity contribution >= 4 is 0 Å². The summed E-state index contributed by atoms with van der Waals surface area (Å²) in [6.45, 7) is 1.94. The van der Waals surface area contributed by atoms with Crippen molar-refractivity contribution in [2.75, 3.05) is 14.1 Å². The molecule has 0 N–H and O–H groups in total. The molecule has 2 heterocycles. The number of hydrogen-bond donors (Lipinski definition) is 0. The molecule has 2 atom stereocenters. The highest BCUT2D eigenvalue weighted by Crippen LogP contribution is 2.27. The largest absolute Gasteiger partial charge is 0.298 e. The predicted molar refractivity (Wildman–Crippen MR) is 97.5 cm³/mol. The van der Waals surface area contributed by atoms with Gasteiger partial charge in [-0.15, -0.1) is 0 Å². The van der Waals surface area contributed by atoms with Crippen LogP contribution < -0.4 is 0 Å². The van der Waals surface area contributed by atoms with E-state index in [-0.39, 0.29) is 0 Å². The monoisotopic (exact) mass is 324 g/mol.